The molecule has 112 valence electrons. The summed E-state index contributed by atoms with van der Waals surface area (Å²) in [4.78, 5) is 4.42. The molecule has 7 heteroatoms. The van der Waals surface area contributed by atoms with E-state index in [0.29, 0.717) is 0 Å². The minimum absolute atomic E-state index is 0.259. The largest absolute Gasteiger partial charge is 0.454 e. The highest BCUT2D eigenvalue weighted by molar-refractivity contribution is 5.68. The molecule has 0 spiro atoms. The van der Waals surface area contributed by atoms with Crippen LogP contribution in [0, 0.1) is 0 Å². The van der Waals surface area contributed by atoms with E-state index in [1.165, 1.54) is 0 Å². The van der Waals surface area contributed by atoms with Crippen molar-refractivity contribution < 1.29 is 9.47 Å². The molecule has 1 aliphatic rings. The van der Waals surface area contributed by atoms with E-state index in [-0.39, 0.29) is 6.79 Å². The van der Waals surface area contributed by atoms with E-state index in [1.54, 1.807) is 12.4 Å². The van der Waals surface area contributed by atoms with Gasteiger partial charge in [0.25, 0.3) is 0 Å². The number of aromatic amines is 1. The molecule has 0 saturated heterocycles. The first-order chi connectivity index (χ1) is 11.4. The third-order valence-corrected chi connectivity index (χ3v) is 3.82. The van der Waals surface area contributed by atoms with Crippen molar-refractivity contribution in [3.8, 4) is 34.0 Å². The summed E-state index contributed by atoms with van der Waals surface area (Å²) in [5.74, 6) is 1.50. The van der Waals surface area contributed by atoms with Crippen molar-refractivity contribution >= 4 is 5.65 Å². The second-order valence-corrected chi connectivity index (χ2v) is 5.19. The number of imidazole rings is 1. The van der Waals surface area contributed by atoms with Crippen LogP contribution in [0.1, 0.15) is 0 Å². The predicted molar refractivity (Wildman–Crippen MR) is 82.1 cm³/mol. The summed E-state index contributed by atoms with van der Waals surface area (Å²) >= 11 is 0. The maximum Gasteiger partial charge on any atom is 0.231 e. The molecule has 0 bridgehead atoms. The fraction of sp³-hybridized carbons (Fsp3) is 0.0625. The fourth-order valence-electron chi connectivity index (χ4n) is 2.67. The Kier molecular flexibility index (Phi) is 2.43. The van der Waals surface area contributed by atoms with E-state index >= 15 is 0 Å². The van der Waals surface area contributed by atoms with Crippen LogP contribution >= 0.6 is 0 Å². The molecule has 0 atom stereocenters. The van der Waals surface area contributed by atoms with Crippen LogP contribution in [0.5, 0.6) is 11.5 Å². The molecule has 0 amide bonds. The summed E-state index contributed by atoms with van der Waals surface area (Å²) in [6.45, 7) is 0.259. The number of benzene rings is 1. The molecule has 7 nitrogen and oxygen atoms in total. The van der Waals surface area contributed by atoms with Crippen molar-refractivity contribution in [2.24, 2.45) is 0 Å². The van der Waals surface area contributed by atoms with Crippen LogP contribution in [-0.2, 0) is 0 Å². The summed E-state index contributed by atoms with van der Waals surface area (Å²) in [6.07, 6.45) is 5.36. The van der Waals surface area contributed by atoms with Crippen LogP contribution in [0.15, 0.2) is 48.9 Å². The topological polar surface area (TPSA) is 77.3 Å². The number of nitrogens with zero attached hydrogens (tertiary/aromatic N) is 4. The van der Waals surface area contributed by atoms with Crippen LogP contribution < -0.4 is 9.47 Å². The van der Waals surface area contributed by atoms with Crippen LogP contribution in [0.3, 0.4) is 0 Å². The lowest BCUT2D eigenvalue weighted by atomic mass is 10.1. The van der Waals surface area contributed by atoms with E-state index in [2.05, 4.69) is 20.3 Å². The van der Waals surface area contributed by atoms with Crippen molar-refractivity contribution in [3.05, 3.63) is 48.9 Å². The Morgan fingerprint density at radius 2 is 1.96 bits per heavy atom. The zero-order valence-corrected chi connectivity index (χ0v) is 11.9. The molecule has 1 aromatic carbocycles. The molecule has 0 unspecified atom stereocenters. The van der Waals surface area contributed by atoms with Crippen molar-refractivity contribution in [1.82, 2.24) is 24.8 Å². The number of hydrogen-bond donors (Lipinski definition) is 1. The highest BCUT2D eigenvalue weighted by Gasteiger charge is 2.16. The predicted octanol–water partition coefficient (Wildman–Crippen LogP) is 2.52. The van der Waals surface area contributed by atoms with Crippen molar-refractivity contribution in [2.75, 3.05) is 6.79 Å². The smallest absolute Gasteiger partial charge is 0.231 e. The van der Waals surface area contributed by atoms with E-state index in [9.17, 15) is 0 Å². The average molecular weight is 305 g/mol. The molecular weight excluding hydrogens is 294 g/mol. The molecule has 0 aliphatic carbocycles. The minimum Gasteiger partial charge on any atom is -0.454 e. The van der Waals surface area contributed by atoms with Crippen molar-refractivity contribution in [1.29, 1.82) is 0 Å². The van der Waals surface area contributed by atoms with Crippen molar-refractivity contribution in [2.45, 2.75) is 0 Å². The summed E-state index contributed by atoms with van der Waals surface area (Å²) in [5.41, 5.74) is 4.40. The SMILES string of the molecule is c1n[nH]cc1-c1ccc2ncc(-c3ccc4c(c3)OCO4)n2n1. The summed E-state index contributed by atoms with van der Waals surface area (Å²) in [6, 6.07) is 9.68. The van der Waals surface area contributed by atoms with Crippen LogP contribution in [0.2, 0.25) is 0 Å². The van der Waals surface area contributed by atoms with Gasteiger partial charge in [-0.15, -0.1) is 0 Å². The van der Waals surface area contributed by atoms with Gasteiger partial charge in [-0.3, -0.25) is 5.10 Å². The van der Waals surface area contributed by atoms with Gasteiger partial charge in [-0.25, -0.2) is 9.50 Å². The Balaban J connectivity index is 1.68. The van der Waals surface area contributed by atoms with E-state index in [4.69, 9.17) is 9.47 Å². The first-order valence-corrected chi connectivity index (χ1v) is 7.12. The summed E-state index contributed by atoms with van der Waals surface area (Å²) in [7, 11) is 0. The molecule has 23 heavy (non-hydrogen) atoms. The second kappa shape index (κ2) is 4.57. The Labute approximate surface area is 130 Å². The van der Waals surface area contributed by atoms with Gasteiger partial charge in [0.05, 0.1) is 23.8 Å². The number of nitrogens with one attached hydrogen (secondary N) is 1. The summed E-state index contributed by atoms with van der Waals surface area (Å²) in [5, 5.41) is 11.4. The monoisotopic (exact) mass is 305 g/mol. The minimum atomic E-state index is 0.259. The van der Waals surface area contributed by atoms with Gasteiger partial charge in [-0.1, -0.05) is 0 Å². The Morgan fingerprint density at radius 3 is 2.87 bits per heavy atom. The number of hydrogen-bond acceptors (Lipinski definition) is 5. The molecule has 1 N–H and O–H groups in total. The van der Waals surface area contributed by atoms with Gasteiger partial charge in [-0.2, -0.15) is 10.2 Å². The van der Waals surface area contributed by atoms with E-state index in [0.717, 1.165) is 39.7 Å². The molecule has 4 aromatic rings. The molecule has 1 aliphatic heterocycles. The van der Waals surface area contributed by atoms with E-state index < -0.39 is 0 Å². The summed E-state index contributed by atoms with van der Waals surface area (Å²) < 4.78 is 12.6. The number of fused-ring (bicyclic) bond motifs is 2. The second-order valence-electron chi connectivity index (χ2n) is 5.19. The molecule has 0 saturated carbocycles. The van der Waals surface area contributed by atoms with Crippen molar-refractivity contribution in [3.63, 3.8) is 0 Å². The zero-order valence-electron chi connectivity index (χ0n) is 11.9. The van der Waals surface area contributed by atoms with Crippen LogP contribution in [0.4, 0.5) is 0 Å². The van der Waals surface area contributed by atoms with Gasteiger partial charge < -0.3 is 9.47 Å². The Hall–Kier alpha value is -3.35. The number of rotatable bonds is 2. The van der Waals surface area contributed by atoms with Crippen LogP contribution in [-0.4, -0.2) is 31.6 Å². The third-order valence-electron chi connectivity index (χ3n) is 3.82. The molecule has 3 aromatic heterocycles. The highest BCUT2D eigenvalue weighted by atomic mass is 16.7. The molecule has 0 radical (unpaired) electrons. The highest BCUT2D eigenvalue weighted by Crippen LogP contribution is 2.36. The normalized spacial score (nSPS) is 12.9. The van der Waals surface area contributed by atoms with Gasteiger partial charge in [-0.05, 0) is 30.3 Å². The molecule has 4 heterocycles. The van der Waals surface area contributed by atoms with Crippen LogP contribution in [0.25, 0.3) is 28.2 Å². The average Bonchev–Trinajstić information content (AvgIpc) is 3.32. The molecule has 0 fully saturated rings. The number of ether oxygens (including phenoxy) is 2. The van der Waals surface area contributed by atoms with Gasteiger partial charge in [0.15, 0.2) is 17.1 Å². The van der Waals surface area contributed by atoms with Gasteiger partial charge >= 0.3 is 0 Å². The van der Waals surface area contributed by atoms with E-state index in [1.807, 2.05) is 41.0 Å². The Bertz CT molecular complexity index is 1010. The maximum atomic E-state index is 5.45. The zero-order chi connectivity index (χ0) is 15.2. The van der Waals surface area contributed by atoms with Gasteiger partial charge in [0, 0.05) is 17.3 Å². The lowest BCUT2D eigenvalue weighted by Crippen LogP contribution is -1.96. The van der Waals surface area contributed by atoms with Gasteiger partial charge in [0.2, 0.25) is 6.79 Å². The number of aromatic nitrogens is 5. The fourth-order valence-corrected chi connectivity index (χ4v) is 2.67. The first kappa shape index (κ1) is 12.2. The maximum absolute atomic E-state index is 5.45. The Morgan fingerprint density at radius 1 is 1.00 bits per heavy atom. The number of H-pyrrole nitrogens is 1. The first-order valence-electron chi connectivity index (χ1n) is 7.12. The lowest BCUT2D eigenvalue weighted by molar-refractivity contribution is 0.174. The lowest BCUT2D eigenvalue weighted by Gasteiger charge is -2.04. The standard InChI is InChI=1S/C16H11N5O2/c1-3-14-15(23-9-22-14)5-10(1)13-8-17-16-4-2-12(20-21(13)16)11-6-18-19-7-11/h1-8H,9H2,(H,18,19). The molecule has 5 rings (SSSR count). The quantitative estimate of drug-likeness (QED) is 0.615. The van der Waals surface area contributed by atoms with Gasteiger partial charge in [0.1, 0.15) is 0 Å². The molecular formula is C16H11N5O2. The third kappa shape index (κ3) is 1.87.